The predicted octanol–water partition coefficient (Wildman–Crippen LogP) is 3.08. The highest BCUT2D eigenvalue weighted by molar-refractivity contribution is 6.74. The lowest BCUT2D eigenvalue weighted by atomic mass is 10.2. The van der Waals surface area contributed by atoms with Gasteiger partial charge in [-0.2, -0.15) is 5.26 Å². The first-order chi connectivity index (χ1) is 7.28. The first-order valence-corrected chi connectivity index (χ1v) is 8.88. The molecule has 1 aliphatic heterocycles. The number of nitrogens with zero attached hydrogens (tertiary/aromatic N) is 1. The van der Waals surface area contributed by atoms with Crippen molar-refractivity contribution in [3.8, 4) is 6.07 Å². The number of rotatable bonds is 5. The summed E-state index contributed by atoms with van der Waals surface area (Å²) in [5, 5.41) is 8.85. The van der Waals surface area contributed by atoms with Crippen molar-refractivity contribution in [3.05, 3.63) is 0 Å². The largest absolute Gasteiger partial charge is 0.417 e. The van der Waals surface area contributed by atoms with Crippen LogP contribution in [0.2, 0.25) is 18.1 Å². The van der Waals surface area contributed by atoms with E-state index < -0.39 is 8.32 Å². The SMILES string of the molecule is CC(C)(C)[Si](C)(C)OCCC[C@@H]1O[C@@H]1C#N. The molecule has 0 amide bonds. The van der Waals surface area contributed by atoms with Crippen molar-refractivity contribution in [2.75, 3.05) is 6.61 Å². The van der Waals surface area contributed by atoms with Crippen LogP contribution < -0.4 is 0 Å². The average Bonchev–Trinajstić information content (AvgIpc) is 2.89. The molecule has 1 aliphatic rings. The third kappa shape index (κ3) is 3.58. The maximum absolute atomic E-state index is 8.57. The van der Waals surface area contributed by atoms with E-state index in [4.69, 9.17) is 14.4 Å². The monoisotopic (exact) mass is 241 g/mol. The fraction of sp³-hybridized carbons (Fsp3) is 0.917. The lowest BCUT2D eigenvalue weighted by Gasteiger charge is -2.36. The van der Waals surface area contributed by atoms with Crippen molar-refractivity contribution < 1.29 is 9.16 Å². The third-order valence-electron chi connectivity index (χ3n) is 3.61. The van der Waals surface area contributed by atoms with Crippen molar-refractivity contribution in [2.24, 2.45) is 0 Å². The van der Waals surface area contributed by atoms with Crippen molar-refractivity contribution in [1.82, 2.24) is 0 Å². The molecule has 0 aliphatic carbocycles. The van der Waals surface area contributed by atoms with Crippen LogP contribution in [-0.4, -0.2) is 27.1 Å². The van der Waals surface area contributed by atoms with Crippen LogP contribution in [0.4, 0.5) is 0 Å². The molecule has 0 spiro atoms. The van der Waals surface area contributed by atoms with E-state index in [2.05, 4.69) is 39.9 Å². The molecule has 0 unspecified atom stereocenters. The summed E-state index contributed by atoms with van der Waals surface area (Å²) in [5.74, 6) is 0. The van der Waals surface area contributed by atoms with E-state index in [1.54, 1.807) is 0 Å². The minimum absolute atomic E-state index is 0.145. The minimum atomic E-state index is -1.59. The lowest BCUT2D eigenvalue weighted by Crippen LogP contribution is -2.41. The first-order valence-electron chi connectivity index (χ1n) is 5.97. The molecule has 0 radical (unpaired) electrons. The van der Waals surface area contributed by atoms with Crippen LogP contribution in [0.5, 0.6) is 0 Å². The van der Waals surface area contributed by atoms with Gasteiger partial charge in [-0.15, -0.1) is 0 Å². The number of epoxide rings is 1. The van der Waals surface area contributed by atoms with Gasteiger partial charge in [-0.3, -0.25) is 0 Å². The van der Waals surface area contributed by atoms with E-state index in [-0.39, 0.29) is 17.2 Å². The van der Waals surface area contributed by atoms with Gasteiger partial charge < -0.3 is 9.16 Å². The van der Waals surface area contributed by atoms with Crippen LogP contribution in [0.15, 0.2) is 0 Å². The Hall–Kier alpha value is -0.373. The molecule has 1 heterocycles. The Labute approximate surface area is 99.9 Å². The van der Waals surface area contributed by atoms with Crippen LogP contribution in [0.3, 0.4) is 0 Å². The van der Waals surface area contributed by atoms with Gasteiger partial charge in [0.1, 0.15) is 0 Å². The Balaban J connectivity index is 2.14. The highest BCUT2D eigenvalue weighted by Crippen LogP contribution is 2.36. The molecule has 2 atom stereocenters. The Morgan fingerprint density at radius 1 is 1.38 bits per heavy atom. The zero-order valence-corrected chi connectivity index (χ0v) is 12.0. The van der Waals surface area contributed by atoms with E-state index >= 15 is 0 Å². The normalized spacial score (nSPS) is 25.2. The van der Waals surface area contributed by atoms with Crippen LogP contribution in [-0.2, 0) is 9.16 Å². The molecule has 0 aromatic rings. The van der Waals surface area contributed by atoms with Gasteiger partial charge in [-0.05, 0) is 31.0 Å². The van der Waals surface area contributed by atoms with E-state index in [9.17, 15) is 0 Å². The molecule has 0 aromatic heterocycles. The second kappa shape index (κ2) is 4.87. The zero-order valence-electron chi connectivity index (χ0n) is 11.0. The molecule has 16 heavy (non-hydrogen) atoms. The molecular weight excluding hydrogens is 218 g/mol. The van der Waals surface area contributed by atoms with Gasteiger partial charge >= 0.3 is 0 Å². The summed E-state index contributed by atoms with van der Waals surface area (Å²) in [6, 6.07) is 2.12. The highest BCUT2D eigenvalue weighted by Gasteiger charge is 2.39. The second-order valence-electron chi connectivity index (χ2n) is 5.98. The van der Waals surface area contributed by atoms with Crippen LogP contribution in [0.25, 0.3) is 0 Å². The van der Waals surface area contributed by atoms with Gasteiger partial charge in [0.15, 0.2) is 14.4 Å². The standard InChI is InChI=1S/C12H23NO2Si/c1-12(2,3)16(4,5)14-8-6-7-10-11(9-13)15-10/h10-11H,6-8H2,1-5H3/t10-,11+/m0/s1. The predicted molar refractivity (Wildman–Crippen MR) is 66.7 cm³/mol. The van der Waals surface area contributed by atoms with Crippen LogP contribution in [0.1, 0.15) is 33.6 Å². The van der Waals surface area contributed by atoms with Crippen molar-refractivity contribution in [1.29, 1.82) is 5.26 Å². The fourth-order valence-corrected chi connectivity index (χ4v) is 2.39. The van der Waals surface area contributed by atoms with Gasteiger partial charge in [0, 0.05) is 6.61 Å². The molecule has 3 nitrogen and oxygen atoms in total. The van der Waals surface area contributed by atoms with Gasteiger partial charge in [0.25, 0.3) is 0 Å². The third-order valence-corrected chi connectivity index (χ3v) is 8.15. The molecule has 1 rings (SSSR count). The van der Waals surface area contributed by atoms with Crippen molar-refractivity contribution in [3.63, 3.8) is 0 Å². The van der Waals surface area contributed by atoms with Gasteiger partial charge in [-0.25, -0.2) is 0 Å². The molecule has 4 heteroatoms. The van der Waals surface area contributed by atoms with Crippen molar-refractivity contribution >= 4 is 8.32 Å². The molecule has 1 saturated heterocycles. The van der Waals surface area contributed by atoms with Gasteiger partial charge in [-0.1, -0.05) is 20.8 Å². The maximum atomic E-state index is 8.57. The number of ether oxygens (including phenoxy) is 1. The average molecular weight is 241 g/mol. The summed E-state index contributed by atoms with van der Waals surface area (Å²) in [5.41, 5.74) is 0. The Bertz CT molecular complexity index is 278. The number of hydrogen-bond acceptors (Lipinski definition) is 3. The summed E-state index contributed by atoms with van der Waals surface area (Å²) < 4.78 is 11.2. The Kier molecular flexibility index (Phi) is 4.16. The van der Waals surface area contributed by atoms with Gasteiger partial charge in [0.2, 0.25) is 0 Å². The number of nitriles is 1. The fourth-order valence-electron chi connectivity index (χ4n) is 1.30. The highest BCUT2D eigenvalue weighted by atomic mass is 28.4. The maximum Gasteiger partial charge on any atom is 0.191 e. The summed E-state index contributed by atoms with van der Waals surface area (Å²) in [7, 11) is -1.59. The first kappa shape index (κ1) is 13.7. The quantitative estimate of drug-likeness (QED) is 0.422. The molecule has 92 valence electrons. The lowest BCUT2D eigenvalue weighted by molar-refractivity contribution is 0.270. The molecule has 0 saturated carbocycles. The summed E-state index contributed by atoms with van der Waals surface area (Å²) in [4.78, 5) is 0. The van der Waals surface area contributed by atoms with Crippen LogP contribution >= 0.6 is 0 Å². The second-order valence-corrected chi connectivity index (χ2v) is 10.8. The summed E-state index contributed by atoms with van der Waals surface area (Å²) in [6.07, 6.45) is 1.98. The topological polar surface area (TPSA) is 45.5 Å². The van der Waals surface area contributed by atoms with Gasteiger partial charge in [0.05, 0.1) is 12.2 Å². The van der Waals surface area contributed by atoms with E-state index in [0.29, 0.717) is 0 Å². The van der Waals surface area contributed by atoms with Crippen molar-refractivity contribution in [2.45, 2.75) is 64.0 Å². The minimum Gasteiger partial charge on any atom is -0.417 e. The van der Waals surface area contributed by atoms with Crippen LogP contribution in [0, 0.1) is 11.3 Å². The summed E-state index contributed by atoms with van der Waals surface area (Å²) >= 11 is 0. The Morgan fingerprint density at radius 2 is 2.00 bits per heavy atom. The van der Waals surface area contributed by atoms with E-state index in [0.717, 1.165) is 19.4 Å². The molecular formula is C12H23NO2Si. The summed E-state index contributed by atoms with van der Waals surface area (Å²) in [6.45, 7) is 12.1. The molecule has 0 aromatic carbocycles. The number of hydrogen-bond donors (Lipinski definition) is 0. The van der Waals surface area contributed by atoms with E-state index in [1.807, 2.05) is 0 Å². The molecule has 0 bridgehead atoms. The zero-order chi connectivity index (χ0) is 12.4. The Morgan fingerprint density at radius 3 is 2.44 bits per heavy atom. The van der Waals surface area contributed by atoms with E-state index in [1.165, 1.54) is 0 Å². The smallest absolute Gasteiger partial charge is 0.191 e. The molecule has 1 fully saturated rings. The molecule has 0 N–H and O–H groups in total.